The lowest BCUT2D eigenvalue weighted by atomic mass is 9.82. The van der Waals surface area contributed by atoms with Crippen LogP contribution in [0.15, 0.2) is 0 Å². The van der Waals surface area contributed by atoms with Gasteiger partial charge in [0.2, 0.25) is 0 Å². The van der Waals surface area contributed by atoms with Gasteiger partial charge in [0, 0.05) is 19.1 Å². The molecule has 1 saturated heterocycles. The molecule has 15 heavy (non-hydrogen) atoms. The molecular weight excluding hydrogens is 184 g/mol. The van der Waals surface area contributed by atoms with Crippen molar-refractivity contribution in [1.82, 2.24) is 10.6 Å². The fraction of sp³-hybridized carbons (Fsp3) is 1.00. The molecule has 2 heteroatoms. The minimum absolute atomic E-state index is 0.581. The molecular formula is C13H26N2. The zero-order valence-electron chi connectivity index (χ0n) is 10.1. The summed E-state index contributed by atoms with van der Waals surface area (Å²) in [5.74, 6) is 0. The summed E-state index contributed by atoms with van der Waals surface area (Å²) in [6.45, 7) is 6.03. The van der Waals surface area contributed by atoms with Crippen molar-refractivity contribution in [3.05, 3.63) is 0 Å². The molecule has 1 atom stereocenters. The highest BCUT2D eigenvalue weighted by atomic mass is 15.0. The summed E-state index contributed by atoms with van der Waals surface area (Å²) in [4.78, 5) is 0. The van der Waals surface area contributed by atoms with Gasteiger partial charge in [0.15, 0.2) is 0 Å². The van der Waals surface area contributed by atoms with E-state index in [1.807, 2.05) is 0 Å². The molecule has 1 heterocycles. The standard InChI is InChI=1S/C13H26N2/c1-2-7-13(8-9-14-10-13)11-15-12-5-3-4-6-12/h12,14-15H,2-11H2,1H3. The Morgan fingerprint density at radius 3 is 2.73 bits per heavy atom. The quantitative estimate of drug-likeness (QED) is 0.727. The Labute approximate surface area is 94.2 Å². The second kappa shape index (κ2) is 5.31. The highest BCUT2D eigenvalue weighted by molar-refractivity contribution is 4.90. The SMILES string of the molecule is CCCC1(CNC2CCCC2)CCNC1. The van der Waals surface area contributed by atoms with Gasteiger partial charge in [-0.15, -0.1) is 0 Å². The van der Waals surface area contributed by atoms with Gasteiger partial charge in [-0.2, -0.15) is 0 Å². The lowest BCUT2D eigenvalue weighted by molar-refractivity contribution is 0.263. The van der Waals surface area contributed by atoms with Crippen LogP contribution in [0.5, 0.6) is 0 Å². The first-order valence-corrected chi connectivity index (χ1v) is 6.79. The van der Waals surface area contributed by atoms with Crippen LogP contribution in [0, 0.1) is 5.41 Å². The molecule has 0 bridgehead atoms. The predicted molar refractivity (Wildman–Crippen MR) is 65.1 cm³/mol. The van der Waals surface area contributed by atoms with Gasteiger partial charge in [0.25, 0.3) is 0 Å². The molecule has 2 fully saturated rings. The van der Waals surface area contributed by atoms with Crippen LogP contribution in [0.1, 0.15) is 51.9 Å². The Bertz CT molecular complexity index is 179. The molecule has 0 aromatic rings. The summed E-state index contributed by atoms with van der Waals surface area (Å²) in [6.07, 6.45) is 9.80. The molecule has 2 N–H and O–H groups in total. The molecule has 2 rings (SSSR count). The molecule has 1 saturated carbocycles. The second-order valence-corrected chi connectivity index (χ2v) is 5.54. The van der Waals surface area contributed by atoms with Gasteiger partial charge in [-0.3, -0.25) is 0 Å². The third-order valence-electron chi connectivity index (χ3n) is 4.23. The van der Waals surface area contributed by atoms with Crippen molar-refractivity contribution >= 4 is 0 Å². The van der Waals surface area contributed by atoms with Crippen LogP contribution in [0.4, 0.5) is 0 Å². The summed E-state index contributed by atoms with van der Waals surface area (Å²) < 4.78 is 0. The van der Waals surface area contributed by atoms with Crippen LogP contribution < -0.4 is 10.6 Å². The van der Waals surface area contributed by atoms with Crippen molar-refractivity contribution in [3.8, 4) is 0 Å². The van der Waals surface area contributed by atoms with E-state index in [1.165, 1.54) is 64.6 Å². The highest BCUT2D eigenvalue weighted by Crippen LogP contribution is 2.31. The van der Waals surface area contributed by atoms with E-state index < -0.39 is 0 Å². The average molecular weight is 210 g/mol. The molecule has 0 aromatic carbocycles. The van der Waals surface area contributed by atoms with E-state index in [4.69, 9.17) is 0 Å². The van der Waals surface area contributed by atoms with Crippen LogP contribution in [-0.4, -0.2) is 25.7 Å². The highest BCUT2D eigenvalue weighted by Gasteiger charge is 2.33. The van der Waals surface area contributed by atoms with Crippen LogP contribution in [0.3, 0.4) is 0 Å². The average Bonchev–Trinajstić information content (AvgIpc) is 2.85. The monoisotopic (exact) mass is 210 g/mol. The fourth-order valence-electron chi connectivity index (χ4n) is 3.27. The van der Waals surface area contributed by atoms with Crippen molar-refractivity contribution in [1.29, 1.82) is 0 Å². The molecule has 0 aromatic heterocycles. The third kappa shape index (κ3) is 2.94. The molecule has 2 nitrogen and oxygen atoms in total. The van der Waals surface area contributed by atoms with Gasteiger partial charge in [-0.25, -0.2) is 0 Å². The van der Waals surface area contributed by atoms with Gasteiger partial charge in [-0.1, -0.05) is 26.2 Å². The largest absolute Gasteiger partial charge is 0.316 e. The van der Waals surface area contributed by atoms with E-state index in [0.717, 1.165) is 6.04 Å². The number of nitrogens with one attached hydrogen (secondary N) is 2. The van der Waals surface area contributed by atoms with E-state index in [0.29, 0.717) is 5.41 Å². The van der Waals surface area contributed by atoms with E-state index >= 15 is 0 Å². The first-order valence-electron chi connectivity index (χ1n) is 6.79. The van der Waals surface area contributed by atoms with Crippen LogP contribution in [0.2, 0.25) is 0 Å². The normalized spacial score (nSPS) is 32.6. The third-order valence-corrected chi connectivity index (χ3v) is 4.23. The number of rotatable bonds is 5. The van der Waals surface area contributed by atoms with Gasteiger partial charge in [0.1, 0.15) is 0 Å². The van der Waals surface area contributed by atoms with Crippen molar-refractivity contribution < 1.29 is 0 Å². The lowest BCUT2D eigenvalue weighted by Crippen LogP contribution is -2.40. The second-order valence-electron chi connectivity index (χ2n) is 5.54. The number of hydrogen-bond donors (Lipinski definition) is 2. The van der Waals surface area contributed by atoms with Crippen molar-refractivity contribution in [3.63, 3.8) is 0 Å². The molecule has 0 amide bonds. The van der Waals surface area contributed by atoms with Gasteiger partial charge in [-0.05, 0) is 37.6 Å². The lowest BCUT2D eigenvalue weighted by Gasteiger charge is -2.30. The summed E-state index contributed by atoms with van der Waals surface area (Å²) >= 11 is 0. The summed E-state index contributed by atoms with van der Waals surface area (Å²) in [7, 11) is 0. The van der Waals surface area contributed by atoms with Crippen LogP contribution in [0.25, 0.3) is 0 Å². The van der Waals surface area contributed by atoms with Gasteiger partial charge in [0.05, 0.1) is 0 Å². The zero-order valence-corrected chi connectivity index (χ0v) is 10.1. The van der Waals surface area contributed by atoms with Crippen LogP contribution in [-0.2, 0) is 0 Å². The maximum absolute atomic E-state index is 3.81. The minimum atomic E-state index is 0.581. The molecule has 0 radical (unpaired) electrons. The van der Waals surface area contributed by atoms with E-state index in [-0.39, 0.29) is 0 Å². The summed E-state index contributed by atoms with van der Waals surface area (Å²) in [6, 6.07) is 0.833. The molecule has 1 aliphatic carbocycles. The maximum atomic E-state index is 3.81. The topological polar surface area (TPSA) is 24.1 Å². The fourth-order valence-corrected chi connectivity index (χ4v) is 3.27. The van der Waals surface area contributed by atoms with Crippen LogP contribution >= 0.6 is 0 Å². The van der Waals surface area contributed by atoms with E-state index in [9.17, 15) is 0 Å². The molecule has 88 valence electrons. The summed E-state index contributed by atoms with van der Waals surface area (Å²) in [5.41, 5.74) is 0.581. The van der Waals surface area contributed by atoms with E-state index in [1.54, 1.807) is 0 Å². The maximum Gasteiger partial charge on any atom is 0.00673 e. The Morgan fingerprint density at radius 2 is 2.13 bits per heavy atom. The van der Waals surface area contributed by atoms with Gasteiger partial charge >= 0.3 is 0 Å². The van der Waals surface area contributed by atoms with Crippen molar-refractivity contribution in [2.45, 2.75) is 57.9 Å². The molecule has 0 spiro atoms. The predicted octanol–water partition coefficient (Wildman–Crippen LogP) is 2.30. The Kier molecular flexibility index (Phi) is 4.04. The Balaban J connectivity index is 1.78. The van der Waals surface area contributed by atoms with Crippen molar-refractivity contribution in [2.24, 2.45) is 5.41 Å². The molecule has 2 aliphatic rings. The summed E-state index contributed by atoms with van der Waals surface area (Å²) in [5, 5.41) is 7.34. The Hall–Kier alpha value is -0.0800. The first kappa shape index (κ1) is 11.4. The number of hydrogen-bond acceptors (Lipinski definition) is 2. The Morgan fingerprint density at radius 1 is 1.33 bits per heavy atom. The minimum Gasteiger partial charge on any atom is -0.316 e. The first-order chi connectivity index (χ1) is 7.35. The molecule has 1 aliphatic heterocycles. The smallest absolute Gasteiger partial charge is 0.00673 e. The molecule has 1 unspecified atom stereocenters. The van der Waals surface area contributed by atoms with Crippen molar-refractivity contribution in [2.75, 3.05) is 19.6 Å². The zero-order chi connectivity index (χ0) is 10.6. The van der Waals surface area contributed by atoms with Gasteiger partial charge < -0.3 is 10.6 Å². The van der Waals surface area contributed by atoms with E-state index in [2.05, 4.69) is 17.6 Å².